The van der Waals surface area contributed by atoms with Crippen molar-refractivity contribution in [3.63, 3.8) is 0 Å². The molecule has 6 rings (SSSR count). The van der Waals surface area contributed by atoms with E-state index >= 15 is 0 Å². The Balaban J connectivity index is 1.21. The van der Waals surface area contributed by atoms with Crippen molar-refractivity contribution in [1.82, 2.24) is 5.16 Å². The van der Waals surface area contributed by atoms with E-state index in [0.717, 1.165) is 29.7 Å². The van der Waals surface area contributed by atoms with Crippen molar-refractivity contribution in [2.45, 2.75) is 56.7 Å². The van der Waals surface area contributed by atoms with Gasteiger partial charge < -0.3 is 14.4 Å². The average Bonchev–Trinajstić information content (AvgIpc) is 3.61. The predicted octanol–water partition coefficient (Wildman–Crippen LogP) is 8.83. The van der Waals surface area contributed by atoms with Crippen molar-refractivity contribution in [1.29, 1.82) is 0 Å². The minimum absolute atomic E-state index is 0.238. The van der Waals surface area contributed by atoms with Crippen LogP contribution in [0.1, 0.15) is 65.5 Å². The standard InChI is InChI=1S/C30H26Cl3NO3/c1-17-5-2-3-6-21(17)19-14-30(35,15-19)23-12-11-20(13-26(23)33)36-16-22-28(34-37-29(22)18-9-10-18)27-24(31)7-4-8-25(27)32/h2-8,11-13,18-19,35H,9-10,14-16H2,1H3. The molecule has 37 heavy (non-hydrogen) atoms. The second-order valence-electron chi connectivity index (χ2n) is 10.2. The number of ether oxygens (including phenoxy) is 1. The molecule has 2 saturated carbocycles. The fourth-order valence-electron chi connectivity index (χ4n) is 5.41. The molecule has 0 spiro atoms. The lowest BCUT2D eigenvalue weighted by molar-refractivity contribution is -0.0550. The van der Waals surface area contributed by atoms with Gasteiger partial charge in [0.2, 0.25) is 0 Å². The van der Waals surface area contributed by atoms with Crippen LogP contribution in [0.4, 0.5) is 0 Å². The van der Waals surface area contributed by atoms with Crippen LogP contribution in [0.25, 0.3) is 11.3 Å². The average molecular weight is 555 g/mol. The SMILES string of the molecule is Cc1ccccc1C1CC(O)(c2ccc(OCc3c(-c4c(Cl)cccc4Cl)noc3C3CC3)cc2Cl)C1. The van der Waals surface area contributed by atoms with Crippen LogP contribution < -0.4 is 4.74 Å². The van der Waals surface area contributed by atoms with Gasteiger partial charge in [-0.3, -0.25) is 0 Å². The van der Waals surface area contributed by atoms with E-state index in [0.29, 0.717) is 56.8 Å². The van der Waals surface area contributed by atoms with E-state index < -0.39 is 5.60 Å². The molecule has 1 heterocycles. The third-order valence-corrected chi connectivity index (χ3v) is 8.53. The first kappa shape index (κ1) is 24.8. The molecule has 7 heteroatoms. The Kier molecular flexibility index (Phi) is 6.48. The van der Waals surface area contributed by atoms with Gasteiger partial charge in [0.05, 0.1) is 26.2 Å². The lowest BCUT2D eigenvalue weighted by atomic mass is 9.64. The zero-order chi connectivity index (χ0) is 25.7. The highest BCUT2D eigenvalue weighted by Crippen LogP contribution is 2.53. The summed E-state index contributed by atoms with van der Waals surface area (Å²) in [6, 6.07) is 19.2. The van der Waals surface area contributed by atoms with Crippen molar-refractivity contribution in [3.8, 4) is 17.0 Å². The molecule has 4 aromatic rings. The highest BCUT2D eigenvalue weighted by Gasteiger charge is 2.46. The molecule has 1 aromatic heterocycles. The Morgan fingerprint density at radius 2 is 1.68 bits per heavy atom. The smallest absolute Gasteiger partial charge is 0.147 e. The molecule has 0 atom stereocenters. The van der Waals surface area contributed by atoms with E-state index in [-0.39, 0.29) is 6.61 Å². The Bertz CT molecular complexity index is 1450. The molecule has 190 valence electrons. The Hall–Kier alpha value is -2.50. The van der Waals surface area contributed by atoms with Crippen LogP contribution in [0.2, 0.25) is 15.1 Å². The highest BCUT2D eigenvalue weighted by molar-refractivity contribution is 6.39. The molecule has 0 aliphatic heterocycles. The summed E-state index contributed by atoms with van der Waals surface area (Å²) in [6.07, 6.45) is 3.40. The molecule has 3 aromatic carbocycles. The first-order chi connectivity index (χ1) is 17.8. The number of benzene rings is 3. The summed E-state index contributed by atoms with van der Waals surface area (Å²) >= 11 is 19.6. The molecule has 4 nitrogen and oxygen atoms in total. The van der Waals surface area contributed by atoms with Gasteiger partial charge in [0.25, 0.3) is 0 Å². The third kappa shape index (κ3) is 4.66. The molecule has 0 amide bonds. The lowest BCUT2D eigenvalue weighted by Crippen LogP contribution is -2.40. The monoisotopic (exact) mass is 553 g/mol. The first-order valence-electron chi connectivity index (χ1n) is 12.5. The maximum Gasteiger partial charge on any atom is 0.147 e. The van der Waals surface area contributed by atoms with Gasteiger partial charge in [0, 0.05) is 17.0 Å². The van der Waals surface area contributed by atoms with Crippen LogP contribution in [0.3, 0.4) is 0 Å². The van der Waals surface area contributed by atoms with Crippen LogP contribution in [0.15, 0.2) is 65.2 Å². The van der Waals surface area contributed by atoms with E-state index in [1.54, 1.807) is 24.3 Å². The Morgan fingerprint density at radius 3 is 2.35 bits per heavy atom. The number of aryl methyl sites for hydroxylation is 1. The zero-order valence-corrected chi connectivity index (χ0v) is 22.6. The van der Waals surface area contributed by atoms with Crippen molar-refractivity contribution < 1.29 is 14.4 Å². The summed E-state index contributed by atoms with van der Waals surface area (Å²) in [5.74, 6) is 2.08. The molecule has 2 aliphatic carbocycles. The molecular formula is C30H26Cl3NO3. The summed E-state index contributed by atoms with van der Waals surface area (Å²) in [6.45, 7) is 2.35. The summed E-state index contributed by atoms with van der Waals surface area (Å²) in [5.41, 5.74) is 4.42. The molecule has 0 radical (unpaired) electrons. The van der Waals surface area contributed by atoms with E-state index in [9.17, 15) is 5.11 Å². The largest absolute Gasteiger partial charge is 0.489 e. The second-order valence-corrected chi connectivity index (χ2v) is 11.4. The maximum absolute atomic E-state index is 11.3. The van der Waals surface area contributed by atoms with Crippen LogP contribution in [-0.4, -0.2) is 10.3 Å². The van der Waals surface area contributed by atoms with Gasteiger partial charge in [-0.1, -0.05) is 76.4 Å². The Labute approximate surface area is 231 Å². The van der Waals surface area contributed by atoms with Gasteiger partial charge in [-0.05, 0) is 73.9 Å². The molecule has 0 bridgehead atoms. The number of hydrogen-bond donors (Lipinski definition) is 1. The quantitative estimate of drug-likeness (QED) is 0.248. The van der Waals surface area contributed by atoms with Crippen molar-refractivity contribution in [2.24, 2.45) is 0 Å². The van der Waals surface area contributed by atoms with Gasteiger partial charge in [-0.15, -0.1) is 0 Å². The van der Waals surface area contributed by atoms with Crippen LogP contribution in [0.5, 0.6) is 5.75 Å². The lowest BCUT2D eigenvalue weighted by Gasteiger charge is -2.45. The summed E-state index contributed by atoms with van der Waals surface area (Å²) in [4.78, 5) is 0. The minimum atomic E-state index is -0.940. The summed E-state index contributed by atoms with van der Waals surface area (Å²) < 4.78 is 11.9. The predicted molar refractivity (Wildman–Crippen MR) is 147 cm³/mol. The fraction of sp³-hybridized carbons (Fsp3) is 0.300. The van der Waals surface area contributed by atoms with Gasteiger partial charge in [0.15, 0.2) is 0 Å². The molecule has 2 aliphatic rings. The van der Waals surface area contributed by atoms with Crippen molar-refractivity contribution >= 4 is 34.8 Å². The number of rotatable bonds is 7. The molecule has 0 saturated heterocycles. The van der Waals surface area contributed by atoms with Gasteiger partial charge in [-0.25, -0.2) is 0 Å². The van der Waals surface area contributed by atoms with Gasteiger partial charge >= 0.3 is 0 Å². The molecule has 1 N–H and O–H groups in total. The molecular weight excluding hydrogens is 529 g/mol. The van der Waals surface area contributed by atoms with Gasteiger partial charge in [0.1, 0.15) is 23.8 Å². The normalized spacial score (nSPS) is 21.1. The van der Waals surface area contributed by atoms with E-state index in [1.807, 2.05) is 24.3 Å². The van der Waals surface area contributed by atoms with Crippen molar-refractivity contribution in [3.05, 3.63) is 104 Å². The number of aromatic nitrogens is 1. The van der Waals surface area contributed by atoms with Crippen molar-refractivity contribution in [2.75, 3.05) is 0 Å². The molecule has 2 fully saturated rings. The fourth-order valence-corrected chi connectivity index (χ4v) is 6.33. The van der Waals surface area contributed by atoms with Crippen LogP contribution in [-0.2, 0) is 12.2 Å². The third-order valence-electron chi connectivity index (χ3n) is 7.59. The maximum atomic E-state index is 11.3. The topological polar surface area (TPSA) is 55.5 Å². The van der Waals surface area contributed by atoms with Crippen LogP contribution in [0, 0.1) is 6.92 Å². The highest BCUT2D eigenvalue weighted by atomic mass is 35.5. The summed E-state index contributed by atoms with van der Waals surface area (Å²) in [7, 11) is 0. The minimum Gasteiger partial charge on any atom is -0.489 e. The zero-order valence-electron chi connectivity index (χ0n) is 20.3. The Morgan fingerprint density at radius 1 is 0.946 bits per heavy atom. The van der Waals surface area contributed by atoms with Crippen LogP contribution >= 0.6 is 34.8 Å². The number of aliphatic hydroxyl groups is 1. The van der Waals surface area contributed by atoms with E-state index in [1.165, 1.54) is 11.1 Å². The first-order valence-corrected chi connectivity index (χ1v) is 13.6. The second kappa shape index (κ2) is 9.67. The summed E-state index contributed by atoms with van der Waals surface area (Å²) in [5, 5.41) is 17.1. The van der Waals surface area contributed by atoms with Gasteiger partial charge in [-0.2, -0.15) is 0 Å². The number of halogens is 3. The van der Waals surface area contributed by atoms with E-state index in [2.05, 4.69) is 24.2 Å². The number of hydrogen-bond acceptors (Lipinski definition) is 4. The number of nitrogens with zero attached hydrogens (tertiary/aromatic N) is 1. The molecule has 0 unspecified atom stereocenters. The van der Waals surface area contributed by atoms with E-state index in [4.69, 9.17) is 44.1 Å².